The average molecular weight is 354 g/mol. The number of carbonyl (C=O) groups is 2. The number of ether oxygens (including phenoxy) is 2. The van der Waals surface area contributed by atoms with Gasteiger partial charge in [-0.1, -0.05) is 0 Å². The molecule has 1 aromatic carbocycles. The first-order chi connectivity index (χ1) is 11.9. The Bertz CT molecular complexity index is 625. The molecule has 0 aliphatic carbocycles. The Hall–Kier alpha value is -2.35. The molecule has 1 aliphatic heterocycles. The van der Waals surface area contributed by atoms with Crippen LogP contribution >= 0.6 is 0 Å². The Balaban J connectivity index is 1.89. The van der Waals surface area contributed by atoms with Crippen molar-refractivity contribution >= 4 is 11.8 Å². The van der Waals surface area contributed by atoms with Crippen molar-refractivity contribution in [2.45, 2.75) is 32.0 Å². The number of hydrogen-bond acceptors (Lipinski definition) is 5. The van der Waals surface area contributed by atoms with Crippen LogP contribution in [0.4, 0.5) is 4.39 Å². The van der Waals surface area contributed by atoms with Crippen molar-refractivity contribution in [3.63, 3.8) is 0 Å². The number of β-amino-alcohol motifs (C(OH)–C–C–N with tert-alkyl or cyclic N) is 1. The molecule has 0 unspecified atom stereocenters. The molecule has 0 spiro atoms. The Morgan fingerprint density at radius 2 is 2.16 bits per heavy atom. The fourth-order valence-corrected chi connectivity index (χ4v) is 2.68. The lowest BCUT2D eigenvalue weighted by Crippen LogP contribution is -2.51. The highest BCUT2D eigenvalue weighted by Gasteiger charge is 2.32. The number of likely N-dealkylation sites (tertiary alicyclic amines) is 1. The van der Waals surface area contributed by atoms with Crippen LogP contribution in [-0.4, -0.2) is 60.8 Å². The number of piperidine rings is 1. The van der Waals surface area contributed by atoms with E-state index in [9.17, 15) is 19.1 Å². The van der Waals surface area contributed by atoms with Gasteiger partial charge in [-0.15, -0.1) is 0 Å². The minimum absolute atomic E-state index is 0.134. The van der Waals surface area contributed by atoms with E-state index >= 15 is 0 Å². The van der Waals surface area contributed by atoms with Gasteiger partial charge >= 0.3 is 0 Å². The predicted octanol–water partition coefficient (Wildman–Crippen LogP) is 0.701. The zero-order valence-electron chi connectivity index (χ0n) is 14.3. The molecule has 0 saturated carbocycles. The standard InChI is InChI=1S/C17H23FN2O5/c1-11(21)19-7-5-17(23)20-8-6-14(13(22)10-20)25-15-4-3-12(18)9-16(15)24-2/h3-4,9,13-14,22H,5-8,10H2,1-2H3,(H,19,21)/t13-,14-/m1/s1. The Morgan fingerprint density at radius 1 is 1.40 bits per heavy atom. The molecule has 138 valence electrons. The summed E-state index contributed by atoms with van der Waals surface area (Å²) >= 11 is 0. The maximum absolute atomic E-state index is 13.2. The van der Waals surface area contributed by atoms with Crippen LogP contribution in [-0.2, 0) is 9.59 Å². The fourth-order valence-electron chi connectivity index (χ4n) is 2.68. The molecule has 1 aliphatic rings. The molecular weight excluding hydrogens is 331 g/mol. The topological polar surface area (TPSA) is 88.1 Å². The third kappa shape index (κ3) is 5.32. The number of halogens is 1. The van der Waals surface area contributed by atoms with E-state index in [0.717, 1.165) is 0 Å². The maximum atomic E-state index is 13.2. The van der Waals surface area contributed by atoms with Crippen LogP contribution < -0.4 is 14.8 Å². The van der Waals surface area contributed by atoms with E-state index in [1.54, 1.807) is 4.90 Å². The molecule has 1 heterocycles. The predicted molar refractivity (Wildman–Crippen MR) is 87.9 cm³/mol. The van der Waals surface area contributed by atoms with E-state index in [0.29, 0.717) is 18.7 Å². The molecule has 2 rings (SSSR count). The summed E-state index contributed by atoms with van der Waals surface area (Å²) in [5.74, 6) is -0.164. The van der Waals surface area contributed by atoms with Crippen molar-refractivity contribution in [1.29, 1.82) is 0 Å². The molecule has 2 N–H and O–H groups in total. The normalized spacial score (nSPS) is 20.1. The van der Waals surface area contributed by atoms with E-state index in [1.807, 2.05) is 0 Å². The summed E-state index contributed by atoms with van der Waals surface area (Å²) in [6.07, 6.45) is -0.760. The van der Waals surface area contributed by atoms with Gasteiger partial charge in [0.2, 0.25) is 11.8 Å². The Labute approximate surface area is 145 Å². The summed E-state index contributed by atoms with van der Waals surface area (Å²) in [5.41, 5.74) is 0. The second-order valence-electron chi connectivity index (χ2n) is 5.88. The number of nitrogens with one attached hydrogen (secondary N) is 1. The van der Waals surface area contributed by atoms with Crippen molar-refractivity contribution < 1.29 is 28.6 Å². The Morgan fingerprint density at radius 3 is 2.80 bits per heavy atom. The number of aliphatic hydroxyl groups is 1. The number of aliphatic hydroxyl groups excluding tert-OH is 1. The molecule has 0 radical (unpaired) electrons. The van der Waals surface area contributed by atoms with E-state index in [4.69, 9.17) is 9.47 Å². The van der Waals surface area contributed by atoms with Crippen LogP contribution in [0.3, 0.4) is 0 Å². The van der Waals surface area contributed by atoms with Gasteiger partial charge in [0.05, 0.1) is 13.7 Å². The number of hydrogen-bond donors (Lipinski definition) is 2. The zero-order chi connectivity index (χ0) is 18.4. The van der Waals surface area contributed by atoms with Crippen molar-refractivity contribution in [2.75, 3.05) is 26.7 Å². The van der Waals surface area contributed by atoms with Gasteiger partial charge in [-0.25, -0.2) is 4.39 Å². The molecular formula is C17H23FN2O5. The summed E-state index contributed by atoms with van der Waals surface area (Å²) in [4.78, 5) is 24.5. The first-order valence-electron chi connectivity index (χ1n) is 8.11. The van der Waals surface area contributed by atoms with Crippen molar-refractivity contribution in [2.24, 2.45) is 0 Å². The van der Waals surface area contributed by atoms with Crippen LogP contribution in [0.5, 0.6) is 11.5 Å². The number of rotatable bonds is 6. The molecule has 7 nitrogen and oxygen atoms in total. The van der Waals surface area contributed by atoms with E-state index in [-0.39, 0.29) is 37.1 Å². The van der Waals surface area contributed by atoms with Gasteiger partial charge in [0.15, 0.2) is 11.5 Å². The van der Waals surface area contributed by atoms with Gasteiger partial charge in [0.1, 0.15) is 18.0 Å². The molecule has 2 atom stereocenters. The van der Waals surface area contributed by atoms with E-state index in [1.165, 1.54) is 32.2 Å². The molecule has 8 heteroatoms. The van der Waals surface area contributed by atoms with Crippen LogP contribution in [0.15, 0.2) is 18.2 Å². The number of amides is 2. The van der Waals surface area contributed by atoms with Crippen molar-refractivity contribution in [3.05, 3.63) is 24.0 Å². The molecule has 1 aromatic rings. The van der Waals surface area contributed by atoms with Gasteiger partial charge in [-0.2, -0.15) is 0 Å². The lowest BCUT2D eigenvalue weighted by Gasteiger charge is -2.36. The Kier molecular flexibility index (Phi) is 6.58. The summed E-state index contributed by atoms with van der Waals surface area (Å²) < 4.78 is 24.1. The first-order valence-corrected chi connectivity index (χ1v) is 8.11. The van der Waals surface area contributed by atoms with Gasteiger partial charge in [0, 0.05) is 38.9 Å². The molecule has 1 fully saturated rings. The van der Waals surface area contributed by atoms with Gasteiger partial charge in [-0.3, -0.25) is 9.59 Å². The highest BCUT2D eigenvalue weighted by molar-refractivity contribution is 5.78. The monoisotopic (exact) mass is 354 g/mol. The highest BCUT2D eigenvalue weighted by Crippen LogP contribution is 2.30. The van der Waals surface area contributed by atoms with E-state index < -0.39 is 18.0 Å². The number of benzene rings is 1. The minimum atomic E-state index is -0.867. The lowest BCUT2D eigenvalue weighted by molar-refractivity contribution is -0.137. The van der Waals surface area contributed by atoms with Crippen LogP contribution in [0, 0.1) is 5.82 Å². The summed E-state index contributed by atoms with van der Waals surface area (Å²) in [5, 5.41) is 12.8. The smallest absolute Gasteiger partial charge is 0.224 e. The molecule has 2 amide bonds. The summed E-state index contributed by atoms with van der Waals surface area (Å²) in [7, 11) is 1.41. The molecule has 25 heavy (non-hydrogen) atoms. The first kappa shape index (κ1) is 19.0. The second-order valence-corrected chi connectivity index (χ2v) is 5.88. The lowest BCUT2D eigenvalue weighted by atomic mass is 10.0. The van der Waals surface area contributed by atoms with Gasteiger partial charge in [0.25, 0.3) is 0 Å². The van der Waals surface area contributed by atoms with E-state index in [2.05, 4.69) is 5.32 Å². The average Bonchev–Trinajstić information content (AvgIpc) is 2.57. The van der Waals surface area contributed by atoms with Gasteiger partial charge < -0.3 is 24.8 Å². The fraction of sp³-hybridized carbons (Fsp3) is 0.529. The largest absolute Gasteiger partial charge is 0.493 e. The molecule has 0 bridgehead atoms. The summed E-state index contributed by atoms with van der Waals surface area (Å²) in [6.45, 7) is 2.24. The third-order valence-electron chi connectivity index (χ3n) is 3.99. The number of nitrogens with zero attached hydrogens (tertiary/aromatic N) is 1. The highest BCUT2D eigenvalue weighted by atomic mass is 19.1. The summed E-state index contributed by atoms with van der Waals surface area (Å²) in [6, 6.07) is 3.92. The van der Waals surface area contributed by atoms with Gasteiger partial charge in [-0.05, 0) is 12.1 Å². The molecule has 0 aromatic heterocycles. The van der Waals surface area contributed by atoms with Crippen molar-refractivity contribution in [3.8, 4) is 11.5 Å². The van der Waals surface area contributed by atoms with Crippen LogP contribution in [0.25, 0.3) is 0 Å². The maximum Gasteiger partial charge on any atom is 0.224 e. The SMILES string of the molecule is COc1cc(F)ccc1O[C@@H]1CCN(C(=O)CCNC(C)=O)C[C@H]1O. The third-order valence-corrected chi connectivity index (χ3v) is 3.99. The number of carbonyl (C=O) groups excluding carboxylic acids is 2. The van der Waals surface area contributed by atoms with Crippen LogP contribution in [0.2, 0.25) is 0 Å². The number of methoxy groups -OCH3 is 1. The molecule has 1 saturated heterocycles. The second kappa shape index (κ2) is 8.66. The quantitative estimate of drug-likeness (QED) is 0.785. The zero-order valence-corrected chi connectivity index (χ0v) is 14.3. The van der Waals surface area contributed by atoms with Crippen LogP contribution in [0.1, 0.15) is 19.8 Å². The minimum Gasteiger partial charge on any atom is -0.493 e. The van der Waals surface area contributed by atoms with Crippen molar-refractivity contribution in [1.82, 2.24) is 10.2 Å².